The van der Waals surface area contributed by atoms with Gasteiger partial charge in [0.1, 0.15) is 12.0 Å². The predicted molar refractivity (Wildman–Crippen MR) is 109 cm³/mol. The van der Waals surface area contributed by atoms with Crippen molar-refractivity contribution in [3.8, 4) is 0 Å². The number of esters is 1. The number of benzene rings is 1. The highest BCUT2D eigenvalue weighted by Gasteiger charge is 2.32. The van der Waals surface area contributed by atoms with E-state index in [2.05, 4.69) is 30.4 Å². The molecule has 1 aromatic carbocycles. The van der Waals surface area contributed by atoms with E-state index in [1.807, 2.05) is 0 Å². The Kier molecular flexibility index (Phi) is 5.77. The van der Waals surface area contributed by atoms with Crippen molar-refractivity contribution in [2.75, 3.05) is 11.9 Å². The Morgan fingerprint density at radius 3 is 2.82 bits per heavy atom. The van der Waals surface area contributed by atoms with E-state index in [4.69, 9.17) is 4.74 Å². The molecule has 0 aliphatic heterocycles. The van der Waals surface area contributed by atoms with Crippen LogP contribution in [0.1, 0.15) is 27.3 Å². The van der Waals surface area contributed by atoms with Crippen LogP contribution in [-0.2, 0) is 17.3 Å². The van der Waals surface area contributed by atoms with Crippen LogP contribution in [0.5, 0.6) is 0 Å². The first-order chi connectivity index (χ1) is 15.7. The molecular formula is C20H16F3N7O3. The van der Waals surface area contributed by atoms with Gasteiger partial charge in [0.15, 0.2) is 0 Å². The lowest BCUT2D eigenvalue weighted by molar-refractivity contribution is -0.141. The quantitative estimate of drug-likeness (QED) is 0.422. The molecule has 4 rings (SSSR count). The minimum atomic E-state index is -4.61. The van der Waals surface area contributed by atoms with Crippen molar-refractivity contribution in [3.05, 3.63) is 75.7 Å². The SMILES string of the molecule is Cc1nc2nc[nH]n2c(=O)c1CCOC(=O)c1cccc(Nc2nccc(C(F)(F)F)n2)c1. The number of fused-ring (bicyclic) bond motifs is 1. The van der Waals surface area contributed by atoms with Crippen molar-refractivity contribution in [2.24, 2.45) is 0 Å². The number of aryl methyl sites for hydroxylation is 1. The maximum absolute atomic E-state index is 12.8. The summed E-state index contributed by atoms with van der Waals surface area (Å²) in [7, 11) is 0. The van der Waals surface area contributed by atoms with Crippen LogP contribution in [0.2, 0.25) is 0 Å². The van der Waals surface area contributed by atoms with E-state index in [1.54, 1.807) is 6.92 Å². The Bertz CT molecular complexity index is 1380. The van der Waals surface area contributed by atoms with Crippen molar-refractivity contribution >= 4 is 23.4 Å². The summed E-state index contributed by atoms with van der Waals surface area (Å²) in [6, 6.07) is 6.70. The monoisotopic (exact) mass is 459 g/mol. The number of hydrogen-bond donors (Lipinski definition) is 2. The molecule has 0 aliphatic carbocycles. The largest absolute Gasteiger partial charge is 0.462 e. The third-order valence-corrected chi connectivity index (χ3v) is 4.62. The normalized spacial score (nSPS) is 11.5. The summed E-state index contributed by atoms with van der Waals surface area (Å²) < 4.78 is 44.9. The van der Waals surface area contributed by atoms with E-state index in [0.717, 1.165) is 12.3 Å². The molecule has 13 heteroatoms. The molecule has 0 saturated heterocycles. The van der Waals surface area contributed by atoms with Gasteiger partial charge in [-0.25, -0.2) is 24.7 Å². The fraction of sp³-hybridized carbons (Fsp3) is 0.200. The molecule has 0 spiro atoms. The summed E-state index contributed by atoms with van der Waals surface area (Å²) in [4.78, 5) is 40.2. The fourth-order valence-corrected chi connectivity index (χ4v) is 3.04. The van der Waals surface area contributed by atoms with Gasteiger partial charge in [0.25, 0.3) is 11.3 Å². The standard InChI is InChI=1S/C20H16F3N7O3/c1-11-14(16(31)30-19(27-11)25-10-26-30)6-8-33-17(32)12-3-2-4-13(9-12)28-18-24-7-5-15(29-18)20(21,22)23/h2-5,7,9-10H,6,8H2,1H3,(H,24,28,29)(H,25,26,27). The molecule has 33 heavy (non-hydrogen) atoms. The summed E-state index contributed by atoms with van der Waals surface area (Å²) in [6.07, 6.45) is -2.14. The lowest BCUT2D eigenvalue weighted by Gasteiger charge is -2.10. The van der Waals surface area contributed by atoms with E-state index >= 15 is 0 Å². The molecule has 0 fully saturated rings. The van der Waals surface area contributed by atoms with Crippen LogP contribution >= 0.6 is 0 Å². The van der Waals surface area contributed by atoms with Crippen LogP contribution in [-0.4, -0.2) is 42.1 Å². The van der Waals surface area contributed by atoms with Crippen LogP contribution < -0.4 is 10.9 Å². The molecule has 2 N–H and O–H groups in total. The van der Waals surface area contributed by atoms with Gasteiger partial charge in [-0.05, 0) is 31.2 Å². The van der Waals surface area contributed by atoms with Crippen molar-refractivity contribution < 1.29 is 22.7 Å². The van der Waals surface area contributed by atoms with Gasteiger partial charge in [0.05, 0.1) is 17.9 Å². The van der Waals surface area contributed by atoms with Crippen LogP contribution in [0, 0.1) is 6.92 Å². The second kappa shape index (κ2) is 8.68. The zero-order valence-corrected chi connectivity index (χ0v) is 17.1. The van der Waals surface area contributed by atoms with Gasteiger partial charge in [-0.15, -0.1) is 0 Å². The van der Waals surface area contributed by atoms with E-state index in [-0.39, 0.29) is 35.9 Å². The fourth-order valence-electron chi connectivity index (χ4n) is 3.04. The molecule has 0 atom stereocenters. The molecule has 0 saturated carbocycles. The second-order valence-electron chi connectivity index (χ2n) is 6.86. The summed E-state index contributed by atoms with van der Waals surface area (Å²) in [5.41, 5.74) is -0.116. The molecule has 3 heterocycles. The zero-order chi connectivity index (χ0) is 23.6. The molecule has 0 bridgehead atoms. The van der Waals surface area contributed by atoms with Crippen LogP contribution in [0.4, 0.5) is 24.8 Å². The van der Waals surface area contributed by atoms with Crippen molar-refractivity contribution in [1.82, 2.24) is 29.5 Å². The smallest absolute Gasteiger partial charge is 0.433 e. The molecule has 0 radical (unpaired) electrons. The number of nitrogens with zero attached hydrogens (tertiary/aromatic N) is 5. The van der Waals surface area contributed by atoms with Gasteiger partial charge < -0.3 is 10.1 Å². The predicted octanol–water partition coefficient (Wildman–Crippen LogP) is 2.68. The highest BCUT2D eigenvalue weighted by molar-refractivity contribution is 5.90. The maximum atomic E-state index is 12.8. The molecular weight excluding hydrogens is 443 g/mol. The lowest BCUT2D eigenvalue weighted by atomic mass is 10.2. The van der Waals surface area contributed by atoms with E-state index < -0.39 is 17.8 Å². The van der Waals surface area contributed by atoms with Gasteiger partial charge in [-0.2, -0.15) is 17.7 Å². The number of hydrogen-bond acceptors (Lipinski definition) is 8. The minimum absolute atomic E-state index is 0.0782. The van der Waals surface area contributed by atoms with Gasteiger partial charge in [-0.3, -0.25) is 9.89 Å². The lowest BCUT2D eigenvalue weighted by Crippen LogP contribution is -2.23. The first-order valence-electron chi connectivity index (χ1n) is 9.58. The Morgan fingerprint density at radius 2 is 2.03 bits per heavy atom. The Hall–Kier alpha value is -4.29. The van der Waals surface area contributed by atoms with Gasteiger partial charge in [-0.1, -0.05) is 6.07 Å². The number of aromatic nitrogens is 6. The number of anilines is 2. The summed E-state index contributed by atoms with van der Waals surface area (Å²) in [5, 5.41) is 5.29. The Morgan fingerprint density at radius 1 is 1.21 bits per heavy atom. The third kappa shape index (κ3) is 4.81. The van der Waals surface area contributed by atoms with Crippen molar-refractivity contribution in [2.45, 2.75) is 19.5 Å². The van der Waals surface area contributed by atoms with Crippen LogP contribution in [0.15, 0.2) is 47.7 Å². The van der Waals surface area contributed by atoms with E-state index in [0.29, 0.717) is 16.9 Å². The first-order valence-corrected chi connectivity index (χ1v) is 9.58. The summed E-state index contributed by atoms with van der Waals surface area (Å²) in [5.74, 6) is -0.697. The van der Waals surface area contributed by atoms with Crippen LogP contribution in [0.3, 0.4) is 0 Å². The maximum Gasteiger partial charge on any atom is 0.433 e. The second-order valence-corrected chi connectivity index (χ2v) is 6.86. The molecule has 170 valence electrons. The highest BCUT2D eigenvalue weighted by atomic mass is 19.4. The number of rotatable bonds is 6. The van der Waals surface area contributed by atoms with Crippen molar-refractivity contribution in [3.63, 3.8) is 0 Å². The molecule has 4 aromatic rings. The Balaban J connectivity index is 1.42. The minimum Gasteiger partial charge on any atom is -0.462 e. The summed E-state index contributed by atoms with van der Waals surface area (Å²) >= 11 is 0. The molecule has 10 nitrogen and oxygen atoms in total. The number of alkyl halides is 3. The molecule has 3 aromatic heterocycles. The number of aromatic amines is 1. The van der Waals surface area contributed by atoms with Crippen LogP contribution in [0.25, 0.3) is 5.78 Å². The summed E-state index contributed by atoms with van der Waals surface area (Å²) in [6.45, 7) is 1.59. The number of ether oxygens (including phenoxy) is 1. The topological polar surface area (TPSA) is 127 Å². The first kappa shape index (κ1) is 21.9. The number of nitrogens with one attached hydrogen (secondary N) is 2. The molecule has 0 unspecified atom stereocenters. The van der Waals surface area contributed by atoms with E-state index in [9.17, 15) is 22.8 Å². The van der Waals surface area contributed by atoms with E-state index in [1.165, 1.54) is 35.1 Å². The highest BCUT2D eigenvalue weighted by Crippen LogP contribution is 2.28. The third-order valence-electron chi connectivity index (χ3n) is 4.62. The molecule has 0 aliphatic rings. The average Bonchev–Trinajstić information content (AvgIpc) is 3.24. The number of halogens is 3. The average molecular weight is 459 g/mol. The zero-order valence-electron chi connectivity index (χ0n) is 17.1. The number of carbonyl (C=O) groups is 1. The van der Waals surface area contributed by atoms with Gasteiger partial charge in [0.2, 0.25) is 5.95 Å². The van der Waals surface area contributed by atoms with Crippen molar-refractivity contribution in [1.29, 1.82) is 0 Å². The van der Waals surface area contributed by atoms with Gasteiger partial charge >= 0.3 is 12.1 Å². The Labute approximate surface area is 183 Å². The van der Waals surface area contributed by atoms with Gasteiger partial charge in [0, 0.05) is 23.9 Å². The number of carbonyl (C=O) groups excluding carboxylic acids is 1. The molecule has 0 amide bonds. The number of H-pyrrole nitrogens is 1.